The number of hydrogen-bond donors (Lipinski definition) is 3. The van der Waals surface area contributed by atoms with Gasteiger partial charge >= 0.3 is 35.5 Å². The van der Waals surface area contributed by atoms with Crippen LogP contribution in [0, 0.1) is 0 Å². The summed E-state index contributed by atoms with van der Waals surface area (Å²) in [7, 11) is 0. The fraction of sp³-hybridized carbons (Fsp3) is 0. The normalized spacial score (nSPS) is 8.67. The van der Waals surface area contributed by atoms with Gasteiger partial charge in [-0.3, -0.25) is 0 Å². The molecule has 5 N–H and O–H groups in total. The minimum atomic E-state index is -1.06. The topological polar surface area (TPSA) is 89.3 Å². The summed E-state index contributed by atoms with van der Waals surface area (Å²) in [5.41, 5.74) is 11.2. The van der Waals surface area contributed by atoms with Crippen molar-refractivity contribution < 1.29 is 40.9 Å². The molecule has 1 rings (SSSR count). The number of rotatable bonds is 1. The van der Waals surface area contributed by atoms with Crippen LogP contribution in [0.1, 0.15) is 11.8 Å². The SMILES string of the molecule is Nc1cccc(C(=O)O)c1N.[H-].[Na+]. The van der Waals surface area contributed by atoms with Gasteiger partial charge in [-0.1, -0.05) is 6.07 Å². The van der Waals surface area contributed by atoms with Crippen LogP contribution in [0.4, 0.5) is 11.4 Å². The Morgan fingerprint density at radius 3 is 2.42 bits per heavy atom. The first-order chi connectivity index (χ1) is 5.13. The van der Waals surface area contributed by atoms with Gasteiger partial charge in [0.15, 0.2) is 0 Å². The molecule has 0 heterocycles. The summed E-state index contributed by atoms with van der Waals surface area (Å²) in [6, 6.07) is 4.52. The zero-order valence-electron chi connectivity index (χ0n) is 7.74. The first-order valence-electron chi connectivity index (χ1n) is 3.00. The predicted molar refractivity (Wildman–Crippen MR) is 43.3 cm³/mol. The number of anilines is 2. The summed E-state index contributed by atoms with van der Waals surface area (Å²) in [5, 5.41) is 8.55. The molecule has 0 amide bonds. The smallest absolute Gasteiger partial charge is 1.00 e. The molecule has 0 radical (unpaired) electrons. The van der Waals surface area contributed by atoms with Crippen LogP contribution >= 0.6 is 0 Å². The van der Waals surface area contributed by atoms with E-state index < -0.39 is 5.97 Å². The second kappa shape index (κ2) is 4.35. The predicted octanol–water partition coefficient (Wildman–Crippen LogP) is -2.33. The van der Waals surface area contributed by atoms with Gasteiger partial charge in [0.25, 0.3) is 0 Å². The molecule has 0 aliphatic heterocycles. The summed E-state index contributed by atoms with van der Waals surface area (Å²) in [6.07, 6.45) is 0. The Labute approximate surface area is 93.3 Å². The molecule has 60 valence electrons. The number of carbonyl (C=O) groups is 1. The van der Waals surface area contributed by atoms with E-state index in [9.17, 15) is 4.79 Å². The molecule has 0 aromatic heterocycles. The van der Waals surface area contributed by atoms with Crippen molar-refractivity contribution in [2.75, 3.05) is 11.5 Å². The first kappa shape index (κ1) is 11.3. The zero-order valence-corrected chi connectivity index (χ0v) is 8.74. The molecule has 1 aromatic rings. The third kappa shape index (κ3) is 2.14. The molecule has 0 fully saturated rings. The van der Waals surface area contributed by atoms with Gasteiger partial charge in [0.05, 0.1) is 16.9 Å². The van der Waals surface area contributed by atoms with Gasteiger partial charge in [0.1, 0.15) is 0 Å². The second-order valence-electron chi connectivity index (χ2n) is 2.11. The maximum absolute atomic E-state index is 10.4. The van der Waals surface area contributed by atoms with Crippen LogP contribution in [0.2, 0.25) is 0 Å². The minimum Gasteiger partial charge on any atom is -1.00 e. The van der Waals surface area contributed by atoms with Gasteiger partial charge < -0.3 is 18.0 Å². The van der Waals surface area contributed by atoms with E-state index in [0.717, 1.165) is 0 Å². The van der Waals surface area contributed by atoms with E-state index in [1.807, 2.05) is 0 Å². The van der Waals surface area contributed by atoms with Gasteiger partial charge in [0.2, 0.25) is 0 Å². The number of carboxylic acid groups (broad SMARTS) is 1. The van der Waals surface area contributed by atoms with Crippen molar-refractivity contribution in [3.8, 4) is 0 Å². The molecule has 0 aliphatic carbocycles. The standard InChI is InChI=1S/C7H8N2O2.Na.H/c8-5-3-1-2-4(6(5)9)7(10)11;;/h1-3H,8-9H2,(H,10,11);;/q;+1;-1. The van der Waals surface area contributed by atoms with Crippen molar-refractivity contribution in [3.05, 3.63) is 23.8 Å². The van der Waals surface area contributed by atoms with Crippen molar-refractivity contribution in [1.82, 2.24) is 0 Å². The van der Waals surface area contributed by atoms with Gasteiger partial charge in [-0.2, -0.15) is 0 Å². The van der Waals surface area contributed by atoms with Crippen LogP contribution in [0.3, 0.4) is 0 Å². The molecular weight excluding hydrogens is 167 g/mol. The summed E-state index contributed by atoms with van der Waals surface area (Å²) in [5.74, 6) is -1.06. The third-order valence-corrected chi connectivity index (χ3v) is 1.37. The van der Waals surface area contributed by atoms with Crippen LogP contribution in [0.15, 0.2) is 18.2 Å². The average molecular weight is 176 g/mol. The summed E-state index contributed by atoms with van der Waals surface area (Å²) in [4.78, 5) is 10.4. The van der Waals surface area contributed by atoms with E-state index >= 15 is 0 Å². The Morgan fingerprint density at radius 2 is 2.00 bits per heavy atom. The van der Waals surface area contributed by atoms with E-state index in [1.54, 1.807) is 12.1 Å². The minimum absolute atomic E-state index is 0. The molecule has 0 spiro atoms. The molecule has 12 heavy (non-hydrogen) atoms. The quantitative estimate of drug-likeness (QED) is 0.330. The second-order valence-corrected chi connectivity index (χ2v) is 2.11. The van der Waals surface area contributed by atoms with Crippen molar-refractivity contribution in [2.24, 2.45) is 0 Å². The maximum Gasteiger partial charge on any atom is 1.00 e. The maximum atomic E-state index is 10.4. The monoisotopic (exact) mass is 176 g/mol. The van der Waals surface area contributed by atoms with E-state index in [0.29, 0.717) is 5.69 Å². The fourth-order valence-corrected chi connectivity index (χ4v) is 0.770. The Morgan fingerprint density at radius 1 is 1.42 bits per heavy atom. The van der Waals surface area contributed by atoms with Crippen molar-refractivity contribution >= 4 is 17.3 Å². The number of para-hydroxylation sites is 1. The van der Waals surface area contributed by atoms with Crippen molar-refractivity contribution in [1.29, 1.82) is 0 Å². The van der Waals surface area contributed by atoms with Crippen LogP contribution in [-0.4, -0.2) is 11.1 Å². The number of nitrogens with two attached hydrogens (primary N) is 2. The molecule has 5 heteroatoms. The molecule has 0 bridgehead atoms. The number of nitrogen functional groups attached to an aromatic ring is 2. The Balaban J connectivity index is 0. The molecule has 0 saturated heterocycles. The van der Waals surface area contributed by atoms with Gasteiger partial charge in [-0.05, 0) is 12.1 Å². The number of benzene rings is 1. The Kier molecular flexibility index (Phi) is 4.09. The van der Waals surface area contributed by atoms with Crippen molar-refractivity contribution in [3.63, 3.8) is 0 Å². The molecule has 0 aliphatic rings. The Hall–Kier alpha value is -0.710. The van der Waals surface area contributed by atoms with E-state index in [2.05, 4.69) is 0 Å². The summed E-state index contributed by atoms with van der Waals surface area (Å²) in [6.45, 7) is 0. The van der Waals surface area contributed by atoms with E-state index in [-0.39, 0.29) is 42.2 Å². The fourth-order valence-electron chi connectivity index (χ4n) is 0.770. The number of aromatic carboxylic acids is 1. The molecule has 0 unspecified atom stereocenters. The van der Waals surface area contributed by atoms with Crippen LogP contribution in [0.5, 0.6) is 0 Å². The number of hydrogen-bond acceptors (Lipinski definition) is 3. The zero-order chi connectivity index (χ0) is 8.43. The van der Waals surface area contributed by atoms with E-state index in [4.69, 9.17) is 16.6 Å². The molecule has 4 nitrogen and oxygen atoms in total. The van der Waals surface area contributed by atoms with E-state index in [1.165, 1.54) is 6.07 Å². The Bertz CT molecular complexity index is 307. The summed E-state index contributed by atoms with van der Waals surface area (Å²) < 4.78 is 0. The van der Waals surface area contributed by atoms with Gasteiger partial charge in [-0.15, -0.1) is 0 Å². The third-order valence-electron chi connectivity index (χ3n) is 1.37. The number of carboxylic acids is 1. The van der Waals surface area contributed by atoms with Gasteiger partial charge in [-0.25, -0.2) is 4.79 Å². The first-order valence-corrected chi connectivity index (χ1v) is 3.00. The van der Waals surface area contributed by atoms with Crippen LogP contribution in [-0.2, 0) is 0 Å². The van der Waals surface area contributed by atoms with Crippen LogP contribution in [0.25, 0.3) is 0 Å². The van der Waals surface area contributed by atoms with Gasteiger partial charge in [0, 0.05) is 0 Å². The molecule has 0 saturated carbocycles. The average Bonchev–Trinajstić information content (AvgIpc) is 1.94. The molecule has 0 atom stereocenters. The largest absolute Gasteiger partial charge is 1.00 e. The molecular formula is C7H9N2NaO2. The van der Waals surface area contributed by atoms with Crippen molar-refractivity contribution in [2.45, 2.75) is 0 Å². The molecule has 1 aromatic carbocycles. The van der Waals surface area contributed by atoms with Crippen LogP contribution < -0.4 is 41.0 Å². The summed E-state index contributed by atoms with van der Waals surface area (Å²) >= 11 is 0.